The molecule has 1 aromatic carbocycles. The average molecular weight is 512 g/mol. The van der Waals surface area contributed by atoms with Gasteiger partial charge in [-0.2, -0.15) is 9.97 Å². The zero-order chi connectivity index (χ0) is 24.7. The molecule has 3 aromatic rings. The van der Waals surface area contributed by atoms with Crippen molar-refractivity contribution in [3.05, 3.63) is 46.0 Å². The SMILES string of the molecule is O=C(O)CCc1cc(F)c(COc2nc3nc(O[C@@H]4CO[C@H]5C4OC[C@H]5O)[nH]c3cc2Cl)c(F)c1. The summed E-state index contributed by atoms with van der Waals surface area (Å²) in [6.45, 7) is -0.108. The van der Waals surface area contributed by atoms with E-state index in [-0.39, 0.29) is 59.7 Å². The summed E-state index contributed by atoms with van der Waals surface area (Å²) < 4.78 is 51.2. The number of halogens is 3. The monoisotopic (exact) mass is 511 g/mol. The van der Waals surface area contributed by atoms with Gasteiger partial charge in [0.2, 0.25) is 5.88 Å². The fraction of sp³-hybridized carbons (Fsp3) is 0.409. The van der Waals surface area contributed by atoms with Gasteiger partial charge in [-0.05, 0) is 30.2 Å². The number of ether oxygens (including phenoxy) is 4. The van der Waals surface area contributed by atoms with Crippen molar-refractivity contribution in [3.8, 4) is 11.9 Å². The predicted molar refractivity (Wildman–Crippen MR) is 115 cm³/mol. The number of aromatic nitrogens is 3. The van der Waals surface area contributed by atoms with Gasteiger partial charge in [-0.1, -0.05) is 11.6 Å². The number of carboxylic acid groups (broad SMARTS) is 1. The molecule has 2 aliphatic rings. The topological polar surface area (TPSA) is 136 Å². The van der Waals surface area contributed by atoms with E-state index in [0.29, 0.717) is 5.52 Å². The Morgan fingerprint density at radius 1 is 1.17 bits per heavy atom. The van der Waals surface area contributed by atoms with E-state index in [0.717, 1.165) is 12.1 Å². The first-order chi connectivity index (χ1) is 16.8. The maximum atomic E-state index is 14.4. The molecule has 5 rings (SSSR count). The van der Waals surface area contributed by atoms with Crippen LogP contribution in [0.5, 0.6) is 11.9 Å². The van der Waals surface area contributed by atoms with Crippen LogP contribution in [0.3, 0.4) is 0 Å². The number of aromatic amines is 1. The number of benzene rings is 1. The molecule has 2 aromatic heterocycles. The Kier molecular flexibility index (Phi) is 6.45. The molecule has 0 amide bonds. The largest absolute Gasteiger partial charge is 0.481 e. The number of aliphatic hydroxyl groups excluding tert-OH is 1. The number of carboxylic acids is 1. The van der Waals surface area contributed by atoms with E-state index in [9.17, 15) is 18.7 Å². The van der Waals surface area contributed by atoms with Gasteiger partial charge in [0, 0.05) is 6.42 Å². The fourth-order valence-corrected chi connectivity index (χ4v) is 4.26. The van der Waals surface area contributed by atoms with Crippen molar-refractivity contribution in [2.45, 2.75) is 43.9 Å². The Labute approximate surface area is 201 Å². The molecule has 13 heteroatoms. The number of hydrogen-bond donors (Lipinski definition) is 3. The van der Waals surface area contributed by atoms with Crippen LogP contribution in [0, 0.1) is 11.6 Å². The summed E-state index contributed by atoms with van der Waals surface area (Å²) in [6, 6.07) is 3.77. The van der Waals surface area contributed by atoms with Crippen molar-refractivity contribution >= 4 is 28.7 Å². The van der Waals surface area contributed by atoms with E-state index in [2.05, 4.69) is 15.0 Å². The zero-order valence-corrected chi connectivity index (χ0v) is 18.8. The molecule has 2 aliphatic heterocycles. The quantitative estimate of drug-likeness (QED) is 0.416. The third-order valence-corrected chi connectivity index (χ3v) is 6.07. The number of imidazole rings is 1. The van der Waals surface area contributed by atoms with Crippen LogP contribution in [-0.4, -0.2) is 68.8 Å². The Morgan fingerprint density at radius 2 is 1.91 bits per heavy atom. The minimum Gasteiger partial charge on any atom is -0.481 e. The number of H-pyrrole nitrogens is 1. The van der Waals surface area contributed by atoms with Gasteiger partial charge >= 0.3 is 5.97 Å². The van der Waals surface area contributed by atoms with Crippen LogP contribution in [0.15, 0.2) is 18.2 Å². The van der Waals surface area contributed by atoms with E-state index in [1.165, 1.54) is 6.07 Å². The second-order valence-electron chi connectivity index (χ2n) is 8.23. The molecular formula is C22H20ClF2N3O7. The Balaban J connectivity index is 1.28. The lowest BCUT2D eigenvalue weighted by Gasteiger charge is -2.15. The lowest BCUT2D eigenvalue weighted by Crippen LogP contribution is -2.34. The molecule has 35 heavy (non-hydrogen) atoms. The molecule has 186 valence electrons. The van der Waals surface area contributed by atoms with Crippen LogP contribution < -0.4 is 9.47 Å². The van der Waals surface area contributed by atoms with E-state index in [4.69, 9.17) is 35.7 Å². The van der Waals surface area contributed by atoms with Gasteiger partial charge < -0.3 is 34.1 Å². The maximum absolute atomic E-state index is 14.4. The summed E-state index contributed by atoms with van der Waals surface area (Å²) in [4.78, 5) is 22.1. The zero-order valence-electron chi connectivity index (χ0n) is 18.0. The fourth-order valence-electron chi connectivity index (χ4n) is 4.05. The van der Waals surface area contributed by atoms with Gasteiger partial charge in [0.1, 0.15) is 41.6 Å². The minimum absolute atomic E-state index is 0.000976. The third kappa shape index (κ3) is 4.87. The number of rotatable bonds is 8. The molecular weight excluding hydrogens is 492 g/mol. The number of nitrogens with zero attached hydrogens (tertiary/aromatic N) is 2. The lowest BCUT2D eigenvalue weighted by molar-refractivity contribution is -0.136. The highest BCUT2D eigenvalue weighted by atomic mass is 35.5. The standard InChI is InChI=1S/C22H20ClF2N3O7/c23-11-5-14-20(28-22(26-14)35-16-8-33-18-15(29)7-32-19(16)18)27-21(11)34-6-10-12(24)3-9(4-13(10)25)1-2-17(30)31/h3-5,15-16,18-19,29H,1-2,6-8H2,(H,30,31)(H,26,27,28)/t15-,16-,18-,19?/m1/s1. The third-order valence-electron chi connectivity index (χ3n) is 5.80. The van der Waals surface area contributed by atoms with Gasteiger partial charge in [0.15, 0.2) is 11.8 Å². The molecule has 0 saturated carbocycles. The summed E-state index contributed by atoms with van der Waals surface area (Å²) in [7, 11) is 0. The number of aliphatic carboxylic acids is 1. The van der Waals surface area contributed by atoms with Gasteiger partial charge in [-0.15, -0.1) is 0 Å². The molecule has 4 atom stereocenters. The molecule has 1 unspecified atom stereocenters. The predicted octanol–water partition coefficient (Wildman–Crippen LogP) is 2.39. The number of aryl methyl sites for hydroxylation is 1. The first-order valence-electron chi connectivity index (χ1n) is 10.7. The molecule has 2 saturated heterocycles. The number of fused-ring (bicyclic) bond motifs is 2. The molecule has 0 spiro atoms. The molecule has 3 N–H and O–H groups in total. The highest BCUT2D eigenvalue weighted by Crippen LogP contribution is 2.31. The summed E-state index contributed by atoms with van der Waals surface area (Å²) in [5.41, 5.74) is 0.527. The molecule has 10 nitrogen and oxygen atoms in total. The Morgan fingerprint density at radius 3 is 2.66 bits per heavy atom. The van der Waals surface area contributed by atoms with E-state index in [1.807, 2.05) is 0 Å². The summed E-state index contributed by atoms with van der Waals surface area (Å²) in [5, 5.41) is 18.7. The van der Waals surface area contributed by atoms with Crippen molar-refractivity contribution in [1.82, 2.24) is 15.0 Å². The van der Waals surface area contributed by atoms with Gasteiger partial charge in [0.05, 0.1) is 24.3 Å². The summed E-state index contributed by atoms with van der Waals surface area (Å²) >= 11 is 6.23. The molecule has 2 fully saturated rings. The highest BCUT2D eigenvalue weighted by Gasteiger charge is 2.48. The molecule has 0 radical (unpaired) electrons. The Bertz CT molecular complexity index is 1250. The van der Waals surface area contributed by atoms with Crippen LogP contribution in [0.2, 0.25) is 5.02 Å². The van der Waals surface area contributed by atoms with Crippen molar-refractivity contribution in [3.63, 3.8) is 0 Å². The average Bonchev–Trinajstić information content (AvgIpc) is 3.48. The molecule has 0 aliphatic carbocycles. The highest BCUT2D eigenvalue weighted by molar-refractivity contribution is 6.32. The maximum Gasteiger partial charge on any atom is 0.303 e. The normalized spacial score (nSPS) is 23.5. The van der Waals surface area contributed by atoms with Crippen molar-refractivity contribution in [2.75, 3.05) is 13.2 Å². The number of carbonyl (C=O) groups is 1. The van der Waals surface area contributed by atoms with Crippen molar-refractivity contribution in [1.29, 1.82) is 0 Å². The van der Waals surface area contributed by atoms with E-state index >= 15 is 0 Å². The van der Waals surface area contributed by atoms with Crippen LogP contribution in [0.1, 0.15) is 17.5 Å². The van der Waals surface area contributed by atoms with Gasteiger partial charge in [-0.25, -0.2) is 8.78 Å². The van der Waals surface area contributed by atoms with Crippen LogP contribution in [0.4, 0.5) is 8.78 Å². The summed E-state index contributed by atoms with van der Waals surface area (Å²) in [6.07, 6.45) is -2.31. The van der Waals surface area contributed by atoms with Crippen molar-refractivity contribution < 1.29 is 42.7 Å². The van der Waals surface area contributed by atoms with Gasteiger partial charge in [-0.3, -0.25) is 4.79 Å². The second-order valence-corrected chi connectivity index (χ2v) is 8.64. The number of nitrogens with one attached hydrogen (secondary N) is 1. The molecule has 4 heterocycles. The smallest absolute Gasteiger partial charge is 0.303 e. The Hall–Kier alpha value is -3.06. The summed E-state index contributed by atoms with van der Waals surface area (Å²) in [5.74, 6) is -2.88. The number of hydrogen-bond acceptors (Lipinski definition) is 8. The van der Waals surface area contributed by atoms with Crippen LogP contribution >= 0.6 is 11.6 Å². The van der Waals surface area contributed by atoms with E-state index in [1.54, 1.807) is 0 Å². The van der Waals surface area contributed by atoms with Crippen molar-refractivity contribution in [2.24, 2.45) is 0 Å². The number of aliphatic hydroxyl groups is 1. The first-order valence-corrected chi connectivity index (χ1v) is 11.1. The van der Waals surface area contributed by atoms with Gasteiger partial charge in [0.25, 0.3) is 6.01 Å². The van der Waals surface area contributed by atoms with E-state index < -0.39 is 48.6 Å². The lowest BCUT2D eigenvalue weighted by atomic mass is 10.1. The molecule has 0 bridgehead atoms. The second kappa shape index (κ2) is 9.53. The number of pyridine rings is 1. The van der Waals surface area contributed by atoms with Crippen LogP contribution in [0.25, 0.3) is 11.2 Å². The minimum atomic E-state index is -1.06. The van der Waals surface area contributed by atoms with Crippen LogP contribution in [-0.2, 0) is 27.3 Å². The first kappa shape index (κ1) is 23.7.